The standard InChI is InChI=1S/C17H19NO2/c1-20-15-8-6-13(7-9-15)17-16-5-3-2-4-14(16)12-18(17)10-11-19/h2-9,17,19H,10-12H2,1H3. The van der Waals surface area contributed by atoms with Crippen LogP contribution in [0.5, 0.6) is 5.75 Å². The summed E-state index contributed by atoms with van der Waals surface area (Å²) in [4.78, 5) is 2.31. The molecule has 2 aromatic carbocycles. The van der Waals surface area contributed by atoms with E-state index in [1.54, 1.807) is 7.11 Å². The van der Waals surface area contributed by atoms with Gasteiger partial charge in [-0.25, -0.2) is 0 Å². The molecular formula is C17H19NO2. The highest BCUT2D eigenvalue weighted by molar-refractivity contribution is 5.42. The fourth-order valence-corrected chi connectivity index (χ4v) is 2.96. The van der Waals surface area contributed by atoms with Gasteiger partial charge in [-0.1, -0.05) is 36.4 Å². The largest absolute Gasteiger partial charge is 0.497 e. The molecule has 20 heavy (non-hydrogen) atoms. The van der Waals surface area contributed by atoms with E-state index < -0.39 is 0 Å². The molecule has 0 saturated heterocycles. The van der Waals surface area contributed by atoms with Gasteiger partial charge in [0.1, 0.15) is 5.75 Å². The molecule has 0 amide bonds. The van der Waals surface area contributed by atoms with E-state index in [0.29, 0.717) is 6.54 Å². The first-order chi connectivity index (χ1) is 9.83. The number of aliphatic hydroxyl groups is 1. The number of nitrogens with zero attached hydrogens (tertiary/aromatic N) is 1. The Labute approximate surface area is 119 Å². The van der Waals surface area contributed by atoms with Crippen LogP contribution in [0.25, 0.3) is 0 Å². The molecule has 0 fully saturated rings. The third-order valence-corrected chi connectivity index (χ3v) is 3.91. The maximum atomic E-state index is 9.29. The van der Waals surface area contributed by atoms with Crippen molar-refractivity contribution in [1.29, 1.82) is 0 Å². The zero-order valence-corrected chi connectivity index (χ0v) is 11.6. The summed E-state index contributed by atoms with van der Waals surface area (Å²) in [5.41, 5.74) is 3.93. The fraction of sp³-hybridized carbons (Fsp3) is 0.294. The third-order valence-electron chi connectivity index (χ3n) is 3.91. The number of hydrogen-bond acceptors (Lipinski definition) is 3. The minimum Gasteiger partial charge on any atom is -0.497 e. The SMILES string of the molecule is COc1ccc(C2c3ccccc3CN2CCO)cc1. The van der Waals surface area contributed by atoms with Crippen LogP contribution < -0.4 is 4.74 Å². The Bertz CT molecular complexity index is 580. The number of fused-ring (bicyclic) bond motifs is 1. The summed E-state index contributed by atoms with van der Waals surface area (Å²) in [5, 5.41) is 9.29. The van der Waals surface area contributed by atoms with Gasteiger partial charge in [-0.2, -0.15) is 0 Å². The molecule has 0 saturated carbocycles. The van der Waals surface area contributed by atoms with E-state index in [-0.39, 0.29) is 12.6 Å². The molecule has 1 heterocycles. The molecule has 1 unspecified atom stereocenters. The first kappa shape index (κ1) is 13.2. The van der Waals surface area contributed by atoms with Crippen molar-refractivity contribution >= 4 is 0 Å². The zero-order chi connectivity index (χ0) is 13.9. The normalized spacial score (nSPS) is 18.0. The van der Waals surface area contributed by atoms with Crippen molar-refractivity contribution in [1.82, 2.24) is 4.90 Å². The van der Waals surface area contributed by atoms with Crippen molar-refractivity contribution in [2.24, 2.45) is 0 Å². The van der Waals surface area contributed by atoms with E-state index in [1.165, 1.54) is 16.7 Å². The Kier molecular flexibility index (Phi) is 3.72. The highest BCUT2D eigenvalue weighted by Gasteiger charge is 2.30. The quantitative estimate of drug-likeness (QED) is 0.926. The Morgan fingerprint density at radius 3 is 2.60 bits per heavy atom. The summed E-state index contributed by atoms with van der Waals surface area (Å²) in [6.07, 6.45) is 0. The van der Waals surface area contributed by atoms with Crippen LogP contribution in [0, 0.1) is 0 Å². The highest BCUT2D eigenvalue weighted by atomic mass is 16.5. The number of β-amino-alcohol motifs (C(OH)–C–C–N with tert-alkyl or cyclic N) is 1. The van der Waals surface area contributed by atoms with Gasteiger partial charge in [0.15, 0.2) is 0 Å². The molecule has 3 heteroatoms. The number of methoxy groups -OCH3 is 1. The lowest BCUT2D eigenvalue weighted by atomic mass is 9.98. The van der Waals surface area contributed by atoms with Crippen LogP contribution in [0.3, 0.4) is 0 Å². The molecule has 3 nitrogen and oxygen atoms in total. The van der Waals surface area contributed by atoms with Gasteiger partial charge in [0, 0.05) is 13.1 Å². The van der Waals surface area contributed by atoms with Gasteiger partial charge in [-0.15, -0.1) is 0 Å². The highest BCUT2D eigenvalue weighted by Crippen LogP contribution is 2.38. The topological polar surface area (TPSA) is 32.7 Å². The molecule has 0 aliphatic carbocycles. The summed E-state index contributed by atoms with van der Waals surface area (Å²) in [6, 6.07) is 16.9. The summed E-state index contributed by atoms with van der Waals surface area (Å²) in [7, 11) is 1.68. The molecule has 0 radical (unpaired) electrons. The van der Waals surface area contributed by atoms with E-state index in [2.05, 4.69) is 41.3 Å². The van der Waals surface area contributed by atoms with Gasteiger partial charge in [0.25, 0.3) is 0 Å². The fourth-order valence-electron chi connectivity index (χ4n) is 2.96. The number of benzene rings is 2. The second-order valence-corrected chi connectivity index (χ2v) is 5.07. The van der Waals surface area contributed by atoms with Crippen molar-refractivity contribution in [2.75, 3.05) is 20.3 Å². The molecule has 2 aromatic rings. The minimum atomic E-state index is 0.181. The molecule has 3 rings (SSSR count). The van der Waals surface area contributed by atoms with Crippen LogP contribution in [-0.4, -0.2) is 30.3 Å². The minimum absolute atomic E-state index is 0.181. The van der Waals surface area contributed by atoms with Crippen LogP contribution >= 0.6 is 0 Å². The molecule has 0 spiro atoms. The summed E-state index contributed by atoms with van der Waals surface area (Å²) in [6.45, 7) is 1.76. The van der Waals surface area contributed by atoms with Gasteiger partial charge in [-0.05, 0) is 28.8 Å². The van der Waals surface area contributed by atoms with Gasteiger partial charge in [-0.3, -0.25) is 4.90 Å². The van der Waals surface area contributed by atoms with Crippen molar-refractivity contribution in [3.8, 4) is 5.75 Å². The van der Waals surface area contributed by atoms with Crippen LogP contribution in [0.15, 0.2) is 48.5 Å². The van der Waals surface area contributed by atoms with Crippen LogP contribution in [0.2, 0.25) is 0 Å². The molecular weight excluding hydrogens is 250 g/mol. The van der Waals surface area contributed by atoms with Crippen molar-refractivity contribution in [3.05, 3.63) is 65.2 Å². The van der Waals surface area contributed by atoms with Crippen molar-refractivity contribution < 1.29 is 9.84 Å². The van der Waals surface area contributed by atoms with Gasteiger partial charge in [0.2, 0.25) is 0 Å². The molecule has 104 valence electrons. The van der Waals surface area contributed by atoms with E-state index in [9.17, 15) is 5.11 Å². The molecule has 1 aliphatic rings. The lowest BCUT2D eigenvalue weighted by Crippen LogP contribution is -2.26. The Morgan fingerprint density at radius 2 is 1.90 bits per heavy atom. The smallest absolute Gasteiger partial charge is 0.118 e. The van der Waals surface area contributed by atoms with Gasteiger partial charge in [0.05, 0.1) is 19.8 Å². The first-order valence-electron chi connectivity index (χ1n) is 6.90. The monoisotopic (exact) mass is 269 g/mol. The lowest BCUT2D eigenvalue weighted by molar-refractivity contribution is 0.177. The summed E-state index contributed by atoms with van der Waals surface area (Å²) < 4.78 is 5.22. The van der Waals surface area contributed by atoms with E-state index in [0.717, 1.165) is 12.3 Å². The van der Waals surface area contributed by atoms with Crippen molar-refractivity contribution in [2.45, 2.75) is 12.6 Å². The predicted molar refractivity (Wildman–Crippen MR) is 78.8 cm³/mol. The van der Waals surface area contributed by atoms with Crippen LogP contribution in [-0.2, 0) is 6.54 Å². The van der Waals surface area contributed by atoms with Crippen LogP contribution in [0.4, 0.5) is 0 Å². The van der Waals surface area contributed by atoms with E-state index >= 15 is 0 Å². The molecule has 0 bridgehead atoms. The molecule has 1 atom stereocenters. The number of rotatable bonds is 4. The Hall–Kier alpha value is -1.84. The molecule has 1 N–H and O–H groups in total. The predicted octanol–water partition coefficient (Wildman–Crippen LogP) is 2.59. The van der Waals surface area contributed by atoms with Gasteiger partial charge < -0.3 is 9.84 Å². The number of aliphatic hydroxyl groups excluding tert-OH is 1. The average molecular weight is 269 g/mol. The average Bonchev–Trinajstić information content (AvgIpc) is 2.86. The third kappa shape index (κ3) is 2.30. The second kappa shape index (κ2) is 5.65. The number of hydrogen-bond donors (Lipinski definition) is 1. The maximum absolute atomic E-state index is 9.29. The van der Waals surface area contributed by atoms with E-state index in [1.807, 2.05) is 12.1 Å². The zero-order valence-electron chi connectivity index (χ0n) is 11.6. The maximum Gasteiger partial charge on any atom is 0.118 e. The second-order valence-electron chi connectivity index (χ2n) is 5.07. The first-order valence-corrected chi connectivity index (χ1v) is 6.90. The lowest BCUT2D eigenvalue weighted by Gasteiger charge is -2.24. The van der Waals surface area contributed by atoms with Crippen molar-refractivity contribution in [3.63, 3.8) is 0 Å². The molecule has 1 aliphatic heterocycles. The Balaban J connectivity index is 1.98. The molecule has 0 aromatic heterocycles. The van der Waals surface area contributed by atoms with Gasteiger partial charge >= 0.3 is 0 Å². The number of ether oxygens (including phenoxy) is 1. The van der Waals surface area contributed by atoms with E-state index in [4.69, 9.17) is 4.74 Å². The van der Waals surface area contributed by atoms with Crippen LogP contribution in [0.1, 0.15) is 22.7 Å². The summed E-state index contributed by atoms with van der Waals surface area (Å²) >= 11 is 0. The Morgan fingerprint density at radius 1 is 1.15 bits per heavy atom. The summed E-state index contributed by atoms with van der Waals surface area (Å²) in [5.74, 6) is 0.869.